The second kappa shape index (κ2) is 5.64. The summed E-state index contributed by atoms with van der Waals surface area (Å²) in [6.07, 6.45) is 0. The van der Waals surface area contributed by atoms with Crippen molar-refractivity contribution in [2.24, 2.45) is 5.73 Å². The first-order valence-electron chi connectivity index (χ1n) is 5.74. The molecule has 0 radical (unpaired) electrons. The van der Waals surface area contributed by atoms with E-state index in [9.17, 15) is 18.0 Å². The molecule has 1 unspecified atom stereocenters. The Morgan fingerprint density at radius 2 is 1.70 bits per heavy atom. The number of carbonyl (C=O) groups excluding carboxylic acids is 1. The molecule has 0 aliphatic rings. The van der Waals surface area contributed by atoms with Gasteiger partial charge in [0.2, 0.25) is 5.91 Å². The van der Waals surface area contributed by atoms with Gasteiger partial charge in [0.1, 0.15) is 11.9 Å². The fraction of sp³-hybridized carbons (Fsp3) is 0.0714. The molecule has 0 heterocycles. The van der Waals surface area contributed by atoms with E-state index in [1.807, 2.05) is 0 Å². The van der Waals surface area contributed by atoms with Crippen LogP contribution in [0.25, 0.3) is 0 Å². The molecule has 0 aromatic heterocycles. The predicted molar refractivity (Wildman–Crippen MR) is 68.3 cm³/mol. The SMILES string of the molecule is NC(=O)C(Nc1ccc(F)cc1)c1cccc(F)c1F. The summed E-state index contributed by atoms with van der Waals surface area (Å²) in [6.45, 7) is 0. The molecule has 0 saturated carbocycles. The van der Waals surface area contributed by atoms with Crippen molar-refractivity contribution in [3.8, 4) is 0 Å². The van der Waals surface area contributed by atoms with Crippen LogP contribution in [0.2, 0.25) is 0 Å². The van der Waals surface area contributed by atoms with Crippen LogP contribution < -0.4 is 11.1 Å². The maximum absolute atomic E-state index is 13.7. The first-order chi connectivity index (χ1) is 9.49. The quantitative estimate of drug-likeness (QED) is 0.904. The van der Waals surface area contributed by atoms with Crippen molar-refractivity contribution in [1.29, 1.82) is 0 Å². The molecule has 2 aromatic carbocycles. The van der Waals surface area contributed by atoms with Gasteiger partial charge in [-0.2, -0.15) is 0 Å². The summed E-state index contributed by atoms with van der Waals surface area (Å²) in [4.78, 5) is 11.4. The molecule has 1 atom stereocenters. The highest BCUT2D eigenvalue weighted by Gasteiger charge is 2.23. The van der Waals surface area contributed by atoms with Crippen molar-refractivity contribution in [3.63, 3.8) is 0 Å². The largest absolute Gasteiger partial charge is 0.370 e. The zero-order valence-electron chi connectivity index (χ0n) is 10.2. The van der Waals surface area contributed by atoms with Gasteiger partial charge in [-0.1, -0.05) is 12.1 Å². The van der Waals surface area contributed by atoms with Gasteiger partial charge in [-0.3, -0.25) is 4.79 Å². The van der Waals surface area contributed by atoms with Gasteiger partial charge in [-0.25, -0.2) is 13.2 Å². The molecule has 0 aliphatic carbocycles. The molecule has 6 heteroatoms. The summed E-state index contributed by atoms with van der Waals surface area (Å²) in [6, 6.07) is 7.28. The number of rotatable bonds is 4. The zero-order valence-corrected chi connectivity index (χ0v) is 10.2. The van der Waals surface area contributed by atoms with E-state index < -0.39 is 29.4 Å². The van der Waals surface area contributed by atoms with Crippen LogP contribution >= 0.6 is 0 Å². The van der Waals surface area contributed by atoms with Crippen molar-refractivity contribution in [2.75, 3.05) is 5.32 Å². The molecule has 20 heavy (non-hydrogen) atoms. The Balaban J connectivity index is 2.34. The van der Waals surface area contributed by atoms with Crippen molar-refractivity contribution in [1.82, 2.24) is 0 Å². The number of halogens is 3. The van der Waals surface area contributed by atoms with E-state index in [0.29, 0.717) is 5.69 Å². The van der Waals surface area contributed by atoms with Crippen molar-refractivity contribution in [3.05, 3.63) is 65.5 Å². The van der Waals surface area contributed by atoms with Gasteiger partial charge in [-0.05, 0) is 30.3 Å². The summed E-state index contributed by atoms with van der Waals surface area (Å²) in [7, 11) is 0. The lowest BCUT2D eigenvalue weighted by molar-refractivity contribution is -0.118. The van der Waals surface area contributed by atoms with E-state index in [0.717, 1.165) is 6.07 Å². The van der Waals surface area contributed by atoms with Crippen LogP contribution in [-0.2, 0) is 4.79 Å². The van der Waals surface area contributed by atoms with E-state index in [1.165, 1.54) is 36.4 Å². The first kappa shape index (κ1) is 13.9. The van der Waals surface area contributed by atoms with Crippen molar-refractivity contribution < 1.29 is 18.0 Å². The monoisotopic (exact) mass is 280 g/mol. The molecule has 0 spiro atoms. The summed E-state index contributed by atoms with van der Waals surface area (Å²) in [5.74, 6) is -3.55. The van der Waals surface area contributed by atoms with Crippen molar-refractivity contribution >= 4 is 11.6 Å². The lowest BCUT2D eigenvalue weighted by atomic mass is 10.0. The molecule has 104 valence electrons. The first-order valence-corrected chi connectivity index (χ1v) is 5.74. The smallest absolute Gasteiger partial charge is 0.244 e. The average Bonchev–Trinajstić information content (AvgIpc) is 2.41. The Kier molecular flexibility index (Phi) is 3.93. The molecular weight excluding hydrogens is 269 g/mol. The molecule has 3 N–H and O–H groups in total. The number of hydrogen-bond donors (Lipinski definition) is 2. The molecule has 2 rings (SSSR count). The minimum absolute atomic E-state index is 0.207. The molecule has 1 amide bonds. The predicted octanol–water partition coefficient (Wildman–Crippen LogP) is 2.74. The second-order valence-corrected chi connectivity index (χ2v) is 4.13. The Bertz CT molecular complexity index is 629. The van der Waals surface area contributed by atoms with Gasteiger partial charge in [0.15, 0.2) is 11.6 Å². The molecular formula is C14H11F3N2O. The van der Waals surface area contributed by atoms with Crippen LogP contribution in [0.15, 0.2) is 42.5 Å². The zero-order chi connectivity index (χ0) is 14.7. The third kappa shape index (κ3) is 2.90. The standard InChI is InChI=1S/C14H11F3N2O/c15-8-4-6-9(7-5-8)19-13(14(18)20)10-2-1-3-11(16)12(10)17/h1-7,13,19H,(H2,18,20). The lowest BCUT2D eigenvalue weighted by Crippen LogP contribution is -2.28. The highest BCUT2D eigenvalue weighted by molar-refractivity contribution is 5.84. The highest BCUT2D eigenvalue weighted by atomic mass is 19.2. The van der Waals surface area contributed by atoms with Crippen LogP contribution in [0.4, 0.5) is 18.9 Å². The summed E-state index contributed by atoms with van der Waals surface area (Å²) in [5.41, 5.74) is 5.35. The maximum Gasteiger partial charge on any atom is 0.244 e. The Morgan fingerprint density at radius 1 is 1.05 bits per heavy atom. The second-order valence-electron chi connectivity index (χ2n) is 4.13. The summed E-state index contributed by atoms with van der Waals surface area (Å²) in [5, 5.41) is 2.64. The Hall–Kier alpha value is -2.50. The number of primary amides is 1. The molecule has 0 bridgehead atoms. The number of nitrogens with one attached hydrogen (secondary N) is 1. The number of carbonyl (C=O) groups is 1. The molecule has 3 nitrogen and oxygen atoms in total. The fourth-order valence-corrected chi connectivity index (χ4v) is 1.76. The van der Waals surface area contributed by atoms with Crippen LogP contribution in [0.5, 0.6) is 0 Å². The summed E-state index contributed by atoms with van der Waals surface area (Å²) < 4.78 is 39.7. The average molecular weight is 280 g/mol. The number of benzene rings is 2. The van der Waals surface area contributed by atoms with Crippen molar-refractivity contribution in [2.45, 2.75) is 6.04 Å². The Labute approximate surface area is 113 Å². The normalized spacial score (nSPS) is 11.9. The van der Waals surface area contributed by atoms with Crippen LogP contribution in [0, 0.1) is 17.5 Å². The minimum atomic E-state index is -1.25. The van der Waals surface area contributed by atoms with E-state index in [4.69, 9.17) is 5.73 Å². The van der Waals surface area contributed by atoms with Crippen LogP contribution in [0.1, 0.15) is 11.6 Å². The Morgan fingerprint density at radius 3 is 2.30 bits per heavy atom. The van der Waals surface area contributed by atoms with E-state index >= 15 is 0 Å². The fourth-order valence-electron chi connectivity index (χ4n) is 1.76. The number of anilines is 1. The van der Waals surface area contributed by atoms with Gasteiger partial charge in [0.25, 0.3) is 0 Å². The molecule has 2 aromatic rings. The third-order valence-electron chi connectivity index (χ3n) is 2.73. The van der Waals surface area contributed by atoms with Gasteiger partial charge in [0, 0.05) is 11.3 Å². The highest BCUT2D eigenvalue weighted by Crippen LogP contribution is 2.23. The number of amides is 1. The molecule has 0 fully saturated rings. The number of nitrogens with two attached hydrogens (primary N) is 1. The maximum atomic E-state index is 13.7. The van der Waals surface area contributed by atoms with Crippen LogP contribution in [-0.4, -0.2) is 5.91 Å². The number of hydrogen-bond acceptors (Lipinski definition) is 2. The summed E-state index contributed by atoms with van der Waals surface area (Å²) >= 11 is 0. The van der Waals surface area contributed by atoms with E-state index in [-0.39, 0.29) is 5.56 Å². The van der Waals surface area contributed by atoms with E-state index in [2.05, 4.69) is 5.32 Å². The minimum Gasteiger partial charge on any atom is -0.370 e. The van der Waals surface area contributed by atoms with E-state index in [1.54, 1.807) is 0 Å². The molecule has 0 aliphatic heterocycles. The molecule has 0 saturated heterocycles. The van der Waals surface area contributed by atoms with Gasteiger partial charge >= 0.3 is 0 Å². The lowest BCUT2D eigenvalue weighted by Gasteiger charge is -2.18. The van der Waals surface area contributed by atoms with Crippen LogP contribution in [0.3, 0.4) is 0 Å². The van der Waals surface area contributed by atoms with Gasteiger partial charge in [-0.15, -0.1) is 0 Å². The third-order valence-corrected chi connectivity index (χ3v) is 2.73. The van der Waals surface area contributed by atoms with Gasteiger partial charge < -0.3 is 11.1 Å². The van der Waals surface area contributed by atoms with Gasteiger partial charge in [0.05, 0.1) is 0 Å². The topological polar surface area (TPSA) is 55.1 Å².